The maximum Gasteiger partial charge on any atom is 0.390 e. The first-order valence-corrected chi connectivity index (χ1v) is 13.5. The molecule has 0 saturated heterocycles. The van der Waals surface area contributed by atoms with Crippen molar-refractivity contribution in [3.8, 4) is 0 Å². The van der Waals surface area contributed by atoms with Crippen molar-refractivity contribution in [2.45, 2.75) is 45.6 Å². The highest BCUT2D eigenvalue weighted by molar-refractivity contribution is 7.74. The fourth-order valence-electron chi connectivity index (χ4n) is 3.63. The Morgan fingerprint density at radius 2 is 1.32 bits per heavy atom. The Morgan fingerprint density at radius 3 is 1.68 bits per heavy atom. The van der Waals surface area contributed by atoms with Crippen LogP contribution in [0.3, 0.4) is 0 Å². The van der Waals surface area contributed by atoms with E-state index in [-0.39, 0.29) is 26.4 Å². The molecule has 11 heteroatoms. The maximum atomic E-state index is 14.3. The Hall–Kier alpha value is -1.21. The van der Waals surface area contributed by atoms with Crippen LogP contribution in [-0.2, 0) is 32.1 Å². The standard InChI is InChI=1S/C20H34N2O7P2/c1-8-25-30(23,26-9-2)20(31(24,27-10-3)28-11-4)19(16(5)21-29-20)17-12-14-18(15-13-17)22(6)7/h12-15,19H,8-11H2,1-7H3. The maximum absolute atomic E-state index is 14.3. The largest absolute Gasteiger partial charge is 0.390 e. The van der Waals surface area contributed by atoms with E-state index in [4.69, 9.17) is 22.9 Å². The van der Waals surface area contributed by atoms with Crippen LogP contribution in [0.25, 0.3) is 0 Å². The van der Waals surface area contributed by atoms with E-state index < -0.39 is 26.2 Å². The van der Waals surface area contributed by atoms with Gasteiger partial charge in [0.2, 0.25) is 0 Å². The topological polar surface area (TPSA) is 95.9 Å². The molecule has 1 unspecified atom stereocenters. The van der Waals surface area contributed by atoms with Gasteiger partial charge in [-0.2, -0.15) is 0 Å². The Labute approximate surface area is 185 Å². The summed E-state index contributed by atoms with van der Waals surface area (Å²) in [6.45, 7) is 8.61. The van der Waals surface area contributed by atoms with Crippen LogP contribution in [0, 0.1) is 0 Å². The molecule has 1 aliphatic rings. The van der Waals surface area contributed by atoms with Gasteiger partial charge in [-0.25, -0.2) is 0 Å². The fraction of sp³-hybridized carbons (Fsp3) is 0.650. The highest BCUT2D eigenvalue weighted by Gasteiger charge is 2.76. The monoisotopic (exact) mass is 476 g/mol. The fourth-order valence-corrected chi connectivity index (χ4v) is 9.36. The molecule has 0 fully saturated rings. The molecule has 0 aliphatic carbocycles. The summed E-state index contributed by atoms with van der Waals surface area (Å²) in [5, 5.41) is 2.00. The minimum atomic E-state index is -4.23. The molecule has 0 saturated carbocycles. The third kappa shape index (κ3) is 4.63. The molecular weight excluding hydrogens is 442 g/mol. The van der Waals surface area contributed by atoms with Crippen molar-refractivity contribution >= 4 is 26.6 Å². The summed E-state index contributed by atoms with van der Waals surface area (Å²) in [6, 6.07) is 7.52. The summed E-state index contributed by atoms with van der Waals surface area (Å²) >= 11 is 0. The first-order chi connectivity index (χ1) is 14.7. The average molecular weight is 476 g/mol. The molecule has 0 N–H and O–H groups in total. The second kappa shape index (κ2) is 10.6. The molecule has 0 radical (unpaired) electrons. The van der Waals surface area contributed by atoms with Crippen molar-refractivity contribution in [1.29, 1.82) is 0 Å². The van der Waals surface area contributed by atoms with Crippen LogP contribution in [0.1, 0.15) is 46.1 Å². The Kier molecular flexibility index (Phi) is 8.91. The summed E-state index contributed by atoms with van der Waals surface area (Å²) in [6.07, 6.45) is 0. The normalized spacial score (nSPS) is 18.5. The number of benzene rings is 1. The molecular formula is C20H34N2O7P2. The van der Waals surface area contributed by atoms with Crippen molar-refractivity contribution < 1.29 is 32.1 Å². The molecule has 1 heterocycles. The Morgan fingerprint density at radius 1 is 0.903 bits per heavy atom. The lowest BCUT2D eigenvalue weighted by molar-refractivity contribution is 0.0310. The lowest BCUT2D eigenvalue weighted by Crippen LogP contribution is -2.40. The summed E-state index contributed by atoms with van der Waals surface area (Å²) in [4.78, 5) is 7.75. The Balaban J connectivity index is 2.81. The zero-order chi connectivity index (χ0) is 23.3. The minimum absolute atomic E-state index is 0.0476. The van der Waals surface area contributed by atoms with Gasteiger partial charge in [-0.05, 0) is 52.3 Å². The SMILES string of the molecule is CCOP(=O)(OCC)C1(P(=O)(OCC)OCC)ON=C(C)C1c1ccc(N(C)C)cc1. The van der Waals surface area contributed by atoms with E-state index in [1.54, 1.807) is 34.6 Å². The van der Waals surface area contributed by atoms with Gasteiger partial charge < -0.3 is 27.8 Å². The van der Waals surface area contributed by atoms with E-state index >= 15 is 0 Å². The molecule has 0 amide bonds. The predicted octanol–water partition coefficient (Wildman–Crippen LogP) is 5.43. The summed E-state index contributed by atoms with van der Waals surface area (Å²) in [5.41, 5.74) is 2.12. The smallest absolute Gasteiger partial charge is 0.378 e. The molecule has 9 nitrogen and oxygen atoms in total. The number of hydrogen-bond acceptors (Lipinski definition) is 9. The predicted molar refractivity (Wildman–Crippen MR) is 122 cm³/mol. The molecule has 2 rings (SSSR count). The number of rotatable bonds is 12. The van der Waals surface area contributed by atoms with Crippen LogP contribution >= 0.6 is 15.2 Å². The van der Waals surface area contributed by atoms with Crippen molar-refractivity contribution in [2.24, 2.45) is 5.16 Å². The van der Waals surface area contributed by atoms with Gasteiger partial charge in [-0.15, -0.1) is 0 Å². The molecule has 1 atom stereocenters. The second-order valence-corrected chi connectivity index (χ2v) is 11.8. The zero-order valence-electron chi connectivity index (χ0n) is 19.4. The number of hydrogen-bond donors (Lipinski definition) is 0. The third-order valence-corrected chi connectivity index (χ3v) is 11.0. The van der Waals surface area contributed by atoms with Crippen LogP contribution in [0.4, 0.5) is 5.69 Å². The van der Waals surface area contributed by atoms with Crippen LogP contribution in [0.2, 0.25) is 0 Å². The van der Waals surface area contributed by atoms with Gasteiger partial charge in [0.15, 0.2) is 0 Å². The molecule has 31 heavy (non-hydrogen) atoms. The van der Waals surface area contributed by atoms with E-state index in [0.717, 1.165) is 5.69 Å². The minimum Gasteiger partial charge on any atom is -0.378 e. The van der Waals surface area contributed by atoms with E-state index in [1.807, 2.05) is 43.3 Å². The average Bonchev–Trinajstić information content (AvgIpc) is 3.08. The van der Waals surface area contributed by atoms with Gasteiger partial charge in [-0.1, -0.05) is 17.3 Å². The Bertz CT molecular complexity index is 808. The van der Waals surface area contributed by atoms with Crippen LogP contribution < -0.4 is 4.90 Å². The second-order valence-electron chi connectivity index (χ2n) is 7.07. The first kappa shape index (κ1) is 26.0. The molecule has 1 aromatic rings. The summed E-state index contributed by atoms with van der Waals surface area (Å²) < 4.78 is 51.1. The van der Waals surface area contributed by atoms with Crippen molar-refractivity contribution in [3.05, 3.63) is 29.8 Å². The van der Waals surface area contributed by atoms with Crippen molar-refractivity contribution in [2.75, 3.05) is 45.4 Å². The number of oxime groups is 1. The highest BCUT2D eigenvalue weighted by atomic mass is 31.2. The quantitative estimate of drug-likeness (QED) is 0.369. The van der Waals surface area contributed by atoms with E-state index in [0.29, 0.717) is 11.3 Å². The summed E-state index contributed by atoms with van der Waals surface area (Å²) in [5.74, 6) is -0.837. The van der Waals surface area contributed by atoms with Crippen molar-refractivity contribution in [3.63, 3.8) is 0 Å². The summed E-state index contributed by atoms with van der Waals surface area (Å²) in [7, 11) is -4.59. The third-order valence-electron chi connectivity index (χ3n) is 4.84. The van der Waals surface area contributed by atoms with Crippen LogP contribution in [-0.4, -0.2) is 51.3 Å². The lowest BCUT2D eigenvalue weighted by atomic mass is 9.95. The zero-order valence-corrected chi connectivity index (χ0v) is 21.2. The number of nitrogens with zero attached hydrogens (tertiary/aromatic N) is 2. The molecule has 176 valence electrons. The van der Waals surface area contributed by atoms with E-state index in [1.165, 1.54) is 0 Å². The van der Waals surface area contributed by atoms with Gasteiger partial charge in [0, 0.05) is 19.8 Å². The highest BCUT2D eigenvalue weighted by Crippen LogP contribution is 2.83. The van der Waals surface area contributed by atoms with Gasteiger partial charge >= 0.3 is 20.3 Å². The van der Waals surface area contributed by atoms with Gasteiger partial charge in [0.05, 0.1) is 38.1 Å². The van der Waals surface area contributed by atoms with Crippen LogP contribution in [0.5, 0.6) is 0 Å². The molecule has 1 aromatic carbocycles. The van der Waals surface area contributed by atoms with Gasteiger partial charge in [0.1, 0.15) is 0 Å². The number of anilines is 1. The molecule has 0 bridgehead atoms. The van der Waals surface area contributed by atoms with Crippen LogP contribution in [0.15, 0.2) is 29.4 Å². The van der Waals surface area contributed by atoms with E-state index in [9.17, 15) is 9.13 Å². The lowest BCUT2D eigenvalue weighted by Gasteiger charge is -2.40. The van der Waals surface area contributed by atoms with Gasteiger partial charge in [-0.3, -0.25) is 9.13 Å². The van der Waals surface area contributed by atoms with Gasteiger partial charge in [0.25, 0.3) is 0 Å². The molecule has 0 aromatic heterocycles. The molecule has 0 spiro atoms. The molecule has 1 aliphatic heterocycles. The van der Waals surface area contributed by atoms with E-state index in [2.05, 4.69) is 5.16 Å². The first-order valence-electron chi connectivity index (χ1n) is 10.4. The van der Waals surface area contributed by atoms with Crippen molar-refractivity contribution in [1.82, 2.24) is 0 Å².